The Hall–Kier alpha value is -3.38. The molecule has 6 rings (SSSR count). The van der Waals surface area contributed by atoms with E-state index in [0.29, 0.717) is 35.2 Å². The molecule has 0 radical (unpaired) electrons. The first-order chi connectivity index (χ1) is 20.9. The van der Waals surface area contributed by atoms with Crippen LogP contribution in [0.2, 0.25) is 0 Å². The van der Waals surface area contributed by atoms with Crippen molar-refractivity contribution in [3.8, 4) is 5.75 Å². The molecular formula is C28H34N4O11S. The minimum Gasteiger partial charge on any atom is -0.487 e. The smallest absolute Gasteiger partial charge is 0.335 e. The number of sulfonamides is 1. The van der Waals surface area contributed by atoms with Gasteiger partial charge in [-0.05, 0) is 65.5 Å². The van der Waals surface area contributed by atoms with Gasteiger partial charge >= 0.3 is 5.97 Å². The van der Waals surface area contributed by atoms with Gasteiger partial charge in [-0.25, -0.2) is 17.8 Å². The molecule has 5 N–H and O–H groups in total. The summed E-state index contributed by atoms with van der Waals surface area (Å²) in [6.07, 6.45) is -6.29. The predicted molar refractivity (Wildman–Crippen MR) is 152 cm³/mol. The number of hydrogen-bond acceptors (Lipinski definition) is 13. The van der Waals surface area contributed by atoms with E-state index in [1.165, 1.54) is 0 Å². The van der Waals surface area contributed by atoms with Crippen LogP contribution in [0.1, 0.15) is 36.5 Å². The molecule has 3 aliphatic rings. The number of aliphatic hydroxyl groups excluding tert-OH is 3. The number of carbonyl (C=O) groups is 1. The summed E-state index contributed by atoms with van der Waals surface area (Å²) in [6, 6.07) is 10.6. The Bertz CT molecular complexity index is 1620. The first-order valence-electron chi connectivity index (χ1n) is 14.2. The highest BCUT2D eigenvalue weighted by molar-refractivity contribution is 7.92. The zero-order valence-electron chi connectivity index (χ0n) is 23.8. The molecule has 44 heavy (non-hydrogen) atoms. The first-order valence-corrected chi connectivity index (χ1v) is 16.1. The quantitative estimate of drug-likeness (QED) is 0.227. The third kappa shape index (κ3) is 6.37. The van der Waals surface area contributed by atoms with Gasteiger partial charge in [0.15, 0.2) is 12.4 Å². The molecule has 0 aliphatic carbocycles. The van der Waals surface area contributed by atoms with Crippen molar-refractivity contribution in [3.05, 3.63) is 47.5 Å². The highest BCUT2D eigenvalue weighted by atomic mass is 32.2. The fraction of sp³-hybridized carbons (Fsp3) is 0.536. The van der Waals surface area contributed by atoms with E-state index in [9.17, 15) is 33.6 Å². The third-order valence-electron chi connectivity index (χ3n) is 8.46. The van der Waals surface area contributed by atoms with E-state index in [2.05, 4.69) is 19.9 Å². The molecule has 0 amide bonds. The normalized spacial score (nSPS) is 28.8. The van der Waals surface area contributed by atoms with E-state index in [0.717, 1.165) is 37.9 Å². The standard InChI is InChI=1S/C28H34N4O11S/c1-44(38,39)31-16-3-5-20-17(13-16)21(40-27-24(35)22(33)23(34)25(41-27)26(36)37)14-28(42-20)7-10-32(11-8-28)9-6-15-2-4-18-19(12-15)30-43-29-18/h2-5,12-13,21-25,27,31,33-35H,6-11,14H2,1H3,(H,36,37)/t21?,22-,23-,24+,25-,27+/m0/s1. The van der Waals surface area contributed by atoms with Crippen LogP contribution in [-0.2, 0) is 30.7 Å². The minimum absolute atomic E-state index is 0.262. The van der Waals surface area contributed by atoms with E-state index in [1.807, 2.05) is 18.2 Å². The molecule has 16 heteroatoms. The summed E-state index contributed by atoms with van der Waals surface area (Å²) in [5.74, 6) is -1.07. The van der Waals surface area contributed by atoms with Crippen molar-refractivity contribution >= 4 is 32.7 Å². The first kappa shape index (κ1) is 30.6. The number of carboxylic acid groups (broad SMARTS) is 1. The summed E-state index contributed by atoms with van der Waals surface area (Å²) in [4.78, 5) is 14.0. The van der Waals surface area contributed by atoms with Crippen molar-refractivity contribution in [1.82, 2.24) is 15.2 Å². The number of hydrogen-bond donors (Lipinski definition) is 5. The van der Waals surface area contributed by atoms with Gasteiger partial charge in [0.25, 0.3) is 0 Å². The van der Waals surface area contributed by atoms with Crippen LogP contribution in [0.3, 0.4) is 0 Å². The lowest BCUT2D eigenvalue weighted by atomic mass is 9.81. The molecule has 1 aromatic heterocycles. The van der Waals surface area contributed by atoms with Gasteiger partial charge in [-0.15, -0.1) is 0 Å². The van der Waals surface area contributed by atoms with Crippen molar-refractivity contribution < 1.29 is 52.5 Å². The Morgan fingerprint density at radius 1 is 1.07 bits per heavy atom. The van der Waals surface area contributed by atoms with Crippen molar-refractivity contribution in [2.24, 2.45) is 0 Å². The van der Waals surface area contributed by atoms with Crippen LogP contribution in [0.25, 0.3) is 11.0 Å². The van der Waals surface area contributed by atoms with Gasteiger partial charge in [-0.1, -0.05) is 6.07 Å². The molecule has 238 valence electrons. The molecule has 2 aromatic carbocycles. The highest BCUT2D eigenvalue weighted by Crippen LogP contribution is 2.47. The lowest BCUT2D eigenvalue weighted by molar-refractivity contribution is -0.309. The molecule has 4 heterocycles. The number of ether oxygens (including phenoxy) is 3. The van der Waals surface area contributed by atoms with E-state index >= 15 is 0 Å². The number of aromatic nitrogens is 2. The Labute approximate surface area is 252 Å². The Balaban J connectivity index is 1.19. The van der Waals surface area contributed by atoms with E-state index in [-0.39, 0.29) is 12.1 Å². The average Bonchev–Trinajstić information content (AvgIpc) is 3.44. The van der Waals surface area contributed by atoms with Crippen molar-refractivity contribution in [1.29, 1.82) is 0 Å². The molecule has 6 atom stereocenters. The molecule has 15 nitrogen and oxygen atoms in total. The summed E-state index contributed by atoms with van der Waals surface area (Å²) in [5, 5.41) is 48.3. The monoisotopic (exact) mass is 634 g/mol. The molecule has 1 spiro atoms. The van der Waals surface area contributed by atoms with Crippen molar-refractivity contribution in [3.63, 3.8) is 0 Å². The van der Waals surface area contributed by atoms with Crippen LogP contribution in [0.5, 0.6) is 5.75 Å². The van der Waals surface area contributed by atoms with Crippen LogP contribution in [0.15, 0.2) is 41.0 Å². The average molecular weight is 635 g/mol. The van der Waals surface area contributed by atoms with E-state index in [4.69, 9.17) is 18.8 Å². The minimum atomic E-state index is -3.59. The van der Waals surface area contributed by atoms with Crippen molar-refractivity contribution in [2.75, 3.05) is 30.6 Å². The number of piperidine rings is 1. The van der Waals surface area contributed by atoms with E-state index in [1.54, 1.807) is 18.2 Å². The van der Waals surface area contributed by atoms with Crippen molar-refractivity contribution in [2.45, 2.75) is 68.1 Å². The van der Waals surface area contributed by atoms with Gasteiger partial charge in [-0.3, -0.25) is 4.72 Å². The lowest BCUT2D eigenvalue weighted by Crippen LogP contribution is -2.60. The Morgan fingerprint density at radius 2 is 1.82 bits per heavy atom. The fourth-order valence-corrected chi connectivity index (χ4v) is 6.66. The molecule has 3 aromatic rings. The number of aliphatic carboxylic acids is 1. The number of likely N-dealkylation sites (tertiary alicyclic amines) is 1. The molecular weight excluding hydrogens is 600 g/mol. The third-order valence-corrected chi connectivity index (χ3v) is 9.06. The van der Waals surface area contributed by atoms with Gasteiger partial charge in [0.1, 0.15) is 40.7 Å². The van der Waals surface area contributed by atoms with Crippen LogP contribution in [0.4, 0.5) is 5.69 Å². The van der Waals surface area contributed by atoms with Crippen LogP contribution < -0.4 is 9.46 Å². The maximum atomic E-state index is 11.9. The number of benzene rings is 2. The topological polar surface area (TPSA) is 214 Å². The number of fused-ring (bicyclic) bond motifs is 2. The van der Waals surface area contributed by atoms with Gasteiger partial charge < -0.3 is 39.5 Å². The summed E-state index contributed by atoms with van der Waals surface area (Å²) in [7, 11) is -3.59. The second kappa shape index (κ2) is 11.8. The second-order valence-electron chi connectivity index (χ2n) is 11.7. The number of nitrogens with one attached hydrogen (secondary N) is 1. The second-order valence-corrected chi connectivity index (χ2v) is 13.4. The molecule has 0 bridgehead atoms. The maximum Gasteiger partial charge on any atom is 0.335 e. The van der Waals surface area contributed by atoms with E-state index < -0.39 is 58.4 Å². The van der Waals surface area contributed by atoms with Crippen LogP contribution >= 0.6 is 0 Å². The predicted octanol–water partition coefficient (Wildman–Crippen LogP) is 0.404. The van der Waals surface area contributed by atoms with Gasteiger partial charge in [0.2, 0.25) is 10.0 Å². The van der Waals surface area contributed by atoms with Crippen LogP contribution in [-0.4, -0.2) is 112 Å². The number of rotatable bonds is 8. The summed E-state index contributed by atoms with van der Waals surface area (Å²) < 4.78 is 49.1. The molecule has 2 saturated heterocycles. The van der Waals surface area contributed by atoms with Gasteiger partial charge in [0.05, 0.1) is 12.4 Å². The number of nitrogens with zero attached hydrogens (tertiary/aromatic N) is 3. The fourth-order valence-electron chi connectivity index (χ4n) is 6.10. The molecule has 2 fully saturated rings. The summed E-state index contributed by atoms with van der Waals surface area (Å²) in [6.45, 7) is 2.25. The number of carboxylic acids is 1. The largest absolute Gasteiger partial charge is 0.487 e. The zero-order valence-corrected chi connectivity index (χ0v) is 24.6. The summed E-state index contributed by atoms with van der Waals surface area (Å²) >= 11 is 0. The molecule has 0 saturated carbocycles. The zero-order chi connectivity index (χ0) is 31.2. The summed E-state index contributed by atoms with van der Waals surface area (Å²) in [5.41, 5.74) is 2.58. The number of aliphatic hydroxyl groups is 3. The SMILES string of the molecule is CS(=O)(=O)Nc1ccc2c(c1)C(O[C@@H]1O[C@H](C(=O)O)[C@@H](O)[C@H](O)[C@H]1O)CC1(CCN(CCc3ccc4nonc4c3)CC1)O2. The Morgan fingerprint density at radius 3 is 2.55 bits per heavy atom. The molecule has 3 aliphatic heterocycles. The maximum absolute atomic E-state index is 11.9. The number of anilines is 1. The Kier molecular flexibility index (Phi) is 8.25. The molecule has 1 unspecified atom stereocenters. The van der Waals surface area contributed by atoms with Gasteiger partial charge in [0, 0.05) is 37.3 Å². The van der Waals surface area contributed by atoms with Gasteiger partial charge in [-0.2, -0.15) is 0 Å². The lowest BCUT2D eigenvalue weighted by Gasteiger charge is -2.48. The highest BCUT2D eigenvalue weighted by Gasteiger charge is 2.50. The van der Waals surface area contributed by atoms with Crippen LogP contribution in [0, 0.1) is 0 Å².